The third-order valence-corrected chi connectivity index (χ3v) is 3.27. The molecule has 1 aliphatic carbocycles. The van der Waals surface area contributed by atoms with Crippen molar-refractivity contribution in [3.05, 3.63) is 35.6 Å². The molecule has 2 nitrogen and oxygen atoms in total. The summed E-state index contributed by atoms with van der Waals surface area (Å²) in [6.45, 7) is 1.72. The molecule has 0 unspecified atom stereocenters. The van der Waals surface area contributed by atoms with Crippen LogP contribution < -0.4 is 5.32 Å². The number of halogens is 1. The van der Waals surface area contributed by atoms with Crippen LogP contribution in [0, 0.1) is 5.82 Å². The maximum atomic E-state index is 13.7. The summed E-state index contributed by atoms with van der Waals surface area (Å²) in [4.78, 5) is 4.43. The van der Waals surface area contributed by atoms with Gasteiger partial charge in [0.25, 0.3) is 0 Å². The number of nitrogens with one attached hydrogen (secondary N) is 1. The van der Waals surface area contributed by atoms with E-state index in [1.165, 1.54) is 6.07 Å². The second-order valence-corrected chi connectivity index (χ2v) is 4.22. The predicted octanol–water partition coefficient (Wildman–Crippen LogP) is 1.86. The fraction of sp³-hybridized carbons (Fsp3) is 0.417. The molecule has 3 heteroatoms. The van der Waals surface area contributed by atoms with Crippen molar-refractivity contribution in [2.45, 2.75) is 18.3 Å². The molecule has 2 aliphatic rings. The van der Waals surface area contributed by atoms with E-state index in [0.29, 0.717) is 0 Å². The maximum Gasteiger partial charge on any atom is 0.127 e. The SMILES string of the molecule is Fc1ccccc1C1(C2=NCCN2)CC1. The van der Waals surface area contributed by atoms with Gasteiger partial charge in [-0.15, -0.1) is 0 Å². The van der Waals surface area contributed by atoms with E-state index in [2.05, 4.69) is 10.3 Å². The Morgan fingerprint density at radius 1 is 1.27 bits per heavy atom. The highest BCUT2D eigenvalue weighted by Crippen LogP contribution is 2.50. The number of benzene rings is 1. The number of rotatable bonds is 2. The van der Waals surface area contributed by atoms with Gasteiger partial charge in [0, 0.05) is 12.1 Å². The molecule has 1 heterocycles. The molecule has 1 aromatic carbocycles. The molecule has 1 aromatic rings. The van der Waals surface area contributed by atoms with Gasteiger partial charge in [0.1, 0.15) is 11.7 Å². The van der Waals surface area contributed by atoms with Gasteiger partial charge in [-0.25, -0.2) is 4.39 Å². The van der Waals surface area contributed by atoms with Gasteiger partial charge in [0.05, 0.1) is 12.0 Å². The average Bonchev–Trinajstić information content (AvgIpc) is 2.87. The van der Waals surface area contributed by atoms with Crippen LogP contribution >= 0.6 is 0 Å². The Balaban J connectivity index is 2.03. The Morgan fingerprint density at radius 2 is 2.07 bits per heavy atom. The first-order chi connectivity index (χ1) is 7.33. The van der Waals surface area contributed by atoms with Gasteiger partial charge < -0.3 is 5.32 Å². The zero-order chi connectivity index (χ0) is 10.3. The second-order valence-electron chi connectivity index (χ2n) is 4.22. The molecule has 1 aliphatic heterocycles. The molecule has 1 fully saturated rings. The van der Waals surface area contributed by atoms with Crippen LogP contribution in [0.25, 0.3) is 0 Å². The van der Waals surface area contributed by atoms with Gasteiger partial charge >= 0.3 is 0 Å². The molecule has 1 saturated carbocycles. The van der Waals surface area contributed by atoms with Gasteiger partial charge in [0.2, 0.25) is 0 Å². The van der Waals surface area contributed by atoms with E-state index in [4.69, 9.17) is 0 Å². The molecular weight excluding hydrogens is 191 g/mol. The predicted molar refractivity (Wildman–Crippen MR) is 57.6 cm³/mol. The Hall–Kier alpha value is -1.38. The van der Waals surface area contributed by atoms with E-state index in [9.17, 15) is 4.39 Å². The summed E-state index contributed by atoms with van der Waals surface area (Å²) in [5.74, 6) is 0.888. The van der Waals surface area contributed by atoms with Crippen LogP contribution in [0.2, 0.25) is 0 Å². The van der Waals surface area contributed by atoms with Crippen molar-refractivity contribution in [2.75, 3.05) is 13.1 Å². The molecule has 0 aromatic heterocycles. The monoisotopic (exact) mass is 204 g/mol. The number of nitrogens with zero attached hydrogens (tertiary/aromatic N) is 1. The van der Waals surface area contributed by atoms with Gasteiger partial charge in [-0.2, -0.15) is 0 Å². The van der Waals surface area contributed by atoms with Gasteiger partial charge in [0.15, 0.2) is 0 Å². The minimum absolute atomic E-state index is 0.105. The van der Waals surface area contributed by atoms with E-state index in [1.54, 1.807) is 6.07 Å². The highest BCUT2D eigenvalue weighted by molar-refractivity contribution is 5.96. The fourth-order valence-corrected chi connectivity index (χ4v) is 2.33. The average molecular weight is 204 g/mol. The van der Waals surface area contributed by atoms with Crippen LogP contribution in [0.1, 0.15) is 18.4 Å². The molecule has 78 valence electrons. The minimum Gasteiger partial charge on any atom is -0.371 e. The molecule has 15 heavy (non-hydrogen) atoms. The first-order valence-corrected chi connectivity index (χ1v) is 5.37. The lowest BCUT2D eigenvalue weighted by atomic mass is 9.94. The second kappa shape index (κ2) is 3.05. The summed E-state index contributed by atoms with van der Waals surface area (Å²) in [6.07, 6.45) is 2.03. The van der Waals surface area contributed by atoms with Crippen molar-refractivity contribution in [1.29, 1.82) is 0 Å². The van der Waals surface area contributed by atoms with Crippen LogP contribution in [0.15, 0.2) is 29.3 Å². The number of aliphatic imine (C=N–C) groups is 1. The molecule has 0 spiro atoms. The summed E-state index contributed by atoms with van der Waals surface area (Å²) in [5, 5.41) is 3.27. The zero-order valence-corrected chi connectivity index (χ0v) is 8.46. The lowest BCUT2D eigenvalue weighted by molar-refractivity contribution is 0.600. The summed E-state index contributed by atoms with van der Waals surface area (Å²) in [7, 11) is 0. The van der Waals surface area contributed by atoms with E-state index in [0.717, 1.165) is 37.3 Å². The third-order valence-electron chi connectivity index (χ3n) is 3.27. The standard InChI is InChI=1S/C12H13FN2/c13-10-4-2-1-3-9(10)12(5-6-12)11-14-7-8-15-11/h1-4H,5-8H2,(H,14,15). The molecule has 0 amide bonds. The first-order valence-electron chi connectivity index (χ1n) is 5.37. The first kappa shape index (κ1) is 8.89. The van der Waals surface area contributed by atoms with Crippen LogP contribution in [-0.2, 0) is 5.41 Å². The lowest BCUT2D eigenvalue weighted by Crippen LogP contribution is -2.32. The molecule has 3 rings (SSSR count). The van der Waals surface area contributed by atoms with Crippen molar-refractivity contribution in [3.8, 4) is 0 Å². The van der Waals surface area contributed by atoms with E-state index in [-0.39, 0.29) is 11.2 Å². The maximum absolute atomic E-state index is 13.7. The van der Waals surface area contributed by atoms with Crippen LogP contribution in [0.5, 0.6) is 0 Å². The molecule has 0 atom stereocenters. The van der Waals surface area contributed by atoms with Crippen molar-refractivity contribution < 1.29 is 4.39 Å². The Morgan fingerprint density at radius 3 is 2.67 bits per heavy atom. The van der Waals surface area contributed by atoms with E-state index >= 15 is 0 Å². The third kappa shape index (κ3) is 1.26. The topological polar surface area (TPSA) is 24.4 Å². The molecule has 1 N–H and O–H groups in total. The van der Waals surface area contributed by atoms with Crippen molar-refractivity contribution in [3.63, 3.8) is 0 Å². The summed E-state index contributed by atoms with van der Waals surface area (Å²) in [6, 6.07) is 7.04. The molecule has 0 radical (unpaired) electrons. The van der Waals surface area contributed by atoms with E-state index in [1.807, 2.05) is 12.1 Å². The smallest absolute Gasteiger partial charge is 0.127 e. The van der Waals surface area contributed by atoms with Gasteiger partial charge in [-0.1, -0.05) is 18.2 Å². The largest absolute Gasteiger partial charge is 0.371 e. The van der Waals surface area contributed by atoms with Gasteiger partial charge in [-0.3, -0.25) is 4.99 Å². The zero-order valence-electron chi connectivity index (χ0n) is 8.46. The Kier molecular flexibility index (Phi) is 1.81. The van der Waals surface area contributed by atoms with Crippen LogP contribution in [0.3, 0.4) is 0 Å². The van der Waals surface area contributed by atoms with Crippen molar-refractivity contribution >= 4 is 5.84 Å². The molecule has 0 saturated heterocycles. The summed E-state index contributed by atoms with van der Waals surface area (Å²) >= 11 is 0. The molecular formula is C12H13FN2. The fourth-order valence-electron chi connectivity index (χ4n) is 2.33. The summed E-state index contributed by atoms with van der Waals surface area (Å²) < 4.78 is 13.7. The molecule has 0 bridgehead atoms. The normalized spacial score (nSPS) is 22.1. The van der Waals surface area contributed by atoms with Gasteiger partial charge in [-0.05, 0) is 18.9 Å². The number of amidine groups is 1. The van der Waals surface area contributed by atoms with Crippen LogP contribution in [-0.4, -0.2) is 18.9 Å². The number of hydrogen-bond acceptors (Lipinski definition) is 2. The lowest BCUT2D eigenvalue weighted by Gasteiger charge is -2.16. The van der Waals surface area contributed by atoms with Crippen molar-refractivity contribution in [2.24, 2.45) is 4.99 Å². The minimum atomic E-state index is -0.123. The summed E-state index contributed by atoms with van der Waals surface area (Å²) in [5.41, 5.74) is 0.681. The quantitative estimate of drug-likeness (QED) is 0.781. The Bertz CT molecular complexity index is 421. The van der Waals surface area contributed by atoms with Crippen LogP contribution in [0.4, 0.5) is 4.39 Å². The highest BCUT2D eigenvalue weighted by atomic mass is 19.1. The number of hydrogen-bond donors (Lipinski definition) is 1. The highest BCUT2D eigenvalue weighted by Gasteiger charge is 2.51. The van der Waals surface area contributed by atoms with E-state index < -0.39 is 0 Å². The Labute approximate surface area is 88.2 Å². The van der Waals surface area contributed by atoms with Crippen molar-refractivity contribution in [1.82, 2.24) is 5.32 Å².